The molecule has 0 spiro atoms. The van der Waals surface area contributed by atoms with Crippen molar-refractivity contribution in [3.63, 3.8) is 0 Å². The Balaban J connectivity index is 3.50. The largest absolute Gasteiger partial charge is 0.466 e. The molecule has 0 N–H and O–H groups in total. The van der Waals surface area contributed by atoms with Crippen LogP contribution < -0.4 is 0 Å². The molecule has 0 aliphatic carbocycles. The van der Waals surface area contributed by atoms with E-state index < -0.39 is 12.1 Å². The highest BCUT2D eigenvalue weighted by atomic mass is 35.5. The maximum absolute atomic E-state index is 11.6. The van der Waals surface area contributed by atoms with E-state index in [9.17, 15) is 13.2 Å². The quantitative estimate of drug-likeness (QED) is 0.455. The van der Waals surface area contributed by atoms with Gasteiger partial charge in [0.15, 0.2) is 0 Å². The molecule has 9 heavy (non-hydrogen) atoms. The van der Waals surface area contributed by atoms with Gasteiger partial charge in [0.25, 0.3) is 0 Å². The van der Waals surface area contributed by atoms with Gasteiger partial charge in [-0.1, -0.05) is 0 Å². The van der Waals surface area contributed by atoms with Gasteiger partial charge in [0, 0.05) is 0 Å². The predicted octanol–water partition coefficient (Wildman–Crippen LogP) is 2.28. The molecule has 0 atom stereocenters. The van der Waals surface area contributed by atoms with Crippen molar-refractivity contribution >= 4 is 11.6 Å². The van der Waals surface area contributed by atoms with Gasteiger partial charge in [-0.3, -0.25) is 0 Å². The van der Waals surface area contributed by atoms with Gasteiger partial charge in [-0.05, 0) is 0 Å². The molecule has 0 heterocycles. The zero-order valence-corrected chi connectivity index (χ0v) is 5.09. The highest BCUT2D eigenvalue weighted by molar-refractivity contribution is 6.17. The molecule has 0 aliphatic heterocycles. The molecule has 0 aromatic rings. The fourth-order valence-corrected chi connectivity index (χ4v) is 0.260. The summed E-state index contributed by atoms with van der Waals surface area (Å²) in [5.41, 5.74) is 0. The van der Waals surface area contributed by atoms with Crippen LogP contribution in [-0.4, -0.2) is 12.5 Å². The van der Waals surface area contributed by atoms with E-state index >= 15 is 0 Å². The zero-order valence-electron chi connectivity index (χ0n) is 4.33. The Kier molecular flexibility index (Phi) is 4.30. The minimum atomic E-state index is -2.46. The van der Waals surface area contributed by atoms with Crippen molar-refractivity contribution in [2.24, 2.45) is 0 Å². The third kappa shape index (κ3) is 4.14. The van der Waals surface area contributed by atoms with E-state index in [-0.39, 0.29) is 12.5 Å². The van der Waals surface area contributed by atoms with Gasteiger partial charge < -0.3 is 4.74 Å². The highest BCUT2D eigenvalue weighted by Crippen LogP contribution is 2.09. The summed E-state index contributed by atoms with van der Waals surface area (Å²) in [6, 6.07) is -1.85. The lowest BCUT2D eigenvalue weighted by atomic mass is 10.8. The van der Waals surface area contributed by atoms with E-state index in [4.69, 9.17) is 11.6 Å². The Labute approximate surface area is 55.1 Å². The van der Waals surface area contributed by atoms with Crippen LogP contribution in [0.4, 0.5) is 13.2 Å². The maximum atomic E-state index is 11.6. The summed E-state index contributed by atoms with van der Waals surface area (Å²) >= 11 is 4.99. The van der Waals surface area contributed by atoms with Gasteiger partial charge in [-0.15, -0.1) is 11.6 Å². The summed E-state index contributed by atoms with van der Waals surface area (Å²) in [5, 5.41) is 0. The first-order valence-corrected chi connectivity index (χ1v) is 2.61. The number of alkyl halides is 1. The number of hydrogen-bond acceptors (Lipinski definition) is 1. The van der Waals surface area contributed by atoms with Crippen molar-refractivity contribution in [3.8, 4) is 0 Å². The van der Waals surface area contributed by atoms with E-state index in [2.05, 4.69) is 4.74 Å². The van der Waals surface area contributed by atoms with Crippen molar-refractivity contribution in [2.75, 3.05) is 12.5 Å². The molecule has 1 nitrogen and oxygen atoms in total. The SMILES string of the molecule is FC(F)=C(F)OCCCl. The molecule has 0 saturated carbocycles. The van der Waals surface area contributed by atoms with E-state index in [1.807, 2.05) is 0 Å². The summed E-state index contributed by atoms with van der Waals surface area (Å²) in [5.74, 6) is -0.0132. The second kappa shape index (κ2) is 4.49. The van der Waals surface area contributed by atoms with Gasteiger partial charge in [0.1, 0.15) is 6.61 Å². The van der Waals surface area contributed by atoms with E-state index in [0.29, 0.717) is 0 Å². The fourth-order valence-electron chi connectivity index (χ4n) is 0.183. The van der Waals surface area contributed by atoms with E-state index in [1.165, 1.54) is 0 Å². The standard InChI is InChI=1S/C4H4ClF3O/c5-1-2-9-4(8)3(6)7/h1-2H2. The minimum absolute atomic E-state index is 0.0132. The van der Waals surface area contributed by atoms with Gasteiger partial charge in [-0.25, -0.2) is 0 Å². The molecule has 0 saturated heterocycles. The molecule has 0 bridgehead atoms. The molecule has 0 amide bonds. The van der Waals surface area contributed by atoms with Crippen LogP contribution in [0.15, 0.2) is 12.1 Å². The first-order valence-electron chi connectivity index (χ1n) is 2.08. The molecule has 0 fully saturated rings. The Bertz CT molecular complexity index is 110. The third-order valence-corrected chi connectivity index (χ3v) is 0.609. The Morgan fingerprint density at radius 3 is 2.22 bits per heavy atom. The number of rotatable bonds is 3. The van der Waals surface area contributed by atoms with Crippen LogP contribution in [0, 0.1) is 0 Å². The lowest BCUT2D eigenvalue weighted by molar-refractivity contribution is 0.131. The van der Waals surface area contributed by atoms with Crippen molar-refractivity contribution in [1.82, 2.24) is 0 Å². The fraction of sp³-hybridized carbons (Fsp3) is 0.500. The minimum Gasteiger partial charge on any atom is -0.466 e. The summed E-state index contributed by atoms with van der Waals surface area (Å²) in [4.78, 5) is 0. The first kappa shape index (κ1) is 8.62. The van der Waals surface area contributed by atoms with E-state index in [0.717, 1.165) is 0 Å². The predicted molar refractivity (Wildman–Crippen MR) is 27.0 cm³/mol. The molecular weight excluding hydrogens is 156 g/mol. The molecule has 0 aliphatic rings. The number of hydrogen-bond donors (Lipinski definition) is 0. The van der Waals surface area contributed by atoms with Gasteiger partial charge in [-0.2, -0.15) is 13.2 Å². The van der Waals surface area contributed by atoms with Crippen LogP contribution in [0.25, 0.3) is 0 Å². The lowest BCUT2D eigenvalue weighted by Gasteiger charge is -1.95. The second-order valence-electron chi connectivity index (χ2n) is 1.07. The average molecular weight is 161 g/mol. The Morgan fingerprint density at radius 1 is 1.33 bits per heavy atom. The van der Waals surface area contributed by atoms with E-state index in [1.54, 1.807) is 0 Å². The van der Waals surface area contributed by atoms with Crippen molar-refractivity contribution < 1.29 is 17.9 Å². The van der Waals surface area contributed by atoms with Gasteiger partial charge >= 0.3 is 12.1 Å². The Morgan fingerprint density at radius 2 is 1.89 bits per heavy atom. The van der Waals surface area contributed by atoms with Gasteiger partial charge in [0.05, 0.1) is 5.88 Å². The third-order valence-electron chi connectivity index (χ3n) is 0.455. The Hall–Kier alpha value is -0.380. The van der Waals surface area contributed by atoms with Crippen molar-refractivity contribution in [3.05, 3.63) is 12.1 Å². The average Bonchev–Trinajstić information content (AvgIpc) is 1.82. The number of halogens is 4. The second-order valence-corrected chi connectivity index (χ2v) is 1.45. The zero-order chi connectivity index (χ0) is 7.28. The molecule has 0 unspecified atom stereocenters. The smallest absolute Gasteiger partial charge is 0.342 e. The summed E-state index contributed by atoms with van der Waals surface area (Å²) in [7, 11) is 0. The van der Waals surface area contributed by atoms with Gasteiger partial charge in [0.2, 0.25) is 0 Å². The van der Waals surface area contributed by atoms with Crippen LogP contribution in [0.5, 0.6) is 0 Å². The molecule has 0 radical (unpaired) electrons. The summed E-state index contributed by atoms with van der Waals surface area (Å²) in [6.45, 7) is -0.245. The van der Waals surface area contributed by atoms with Crippen LogP contribution in [-0.2, 0) is 4.74 Å². The van der Waals surface area contributed by atoms with Crippen LogP contribution in [0.1, 0.15) is 0 Å². The molecule has 54 valence electrons. The van der Waals surface area contributed by atoms with Crippen molar-refractivity contribution in [1.29, 1.82) is 0 Å². The lowest BCUT2D eigenvalue weighted by Crippen LogP contribution is -1.92. The molecule has 0 rings (SSSR count). The number of ether oxygens (including phenoxy) is 1. The van der Waals surface area contributed by atoms with Crippen LogP contribution in [0.2, 0.25) is 0 Å². The van der Waals surface area contributed by atoms with Crippen LogP contribution in [0.3, 0.4) is 0 Å². The van der Waals surface area contributed by atoms with Crippen LogP contribution >= 0.6 is 11.6 Å². The monoisotopic (exact) mass is 160 g/mol. The molecular formula is C4H4ClF3O. The topological polar surface area (TPSA) is 9.23 Å². The summed E-state index contributed by atoms with van der Waals surface area (Å²) in [6.07, 6.45) is -2.46. The summed E-state index contributed by atoms with van der Waals surface area (Å²) < 4.78 is 37.5. The van der Waals surface area contributed by atoms with Crippen molar-refractivity contribution in [2.45, 2.75) is 0 Å². The molecule has 0 aromatic heterocycles. The molecule has 0 aromatic carbocycles. The normalized spacial score (nSPS) is 8.89. The maximum Gasteiger partial charge on any atom is 0.342 e. The highest BCUT2D eigenvalue weighted by Gasteiger charge is 2.03. The first-order chi connectivity index (χ1) is 4.18. The molecule has 5 heteroatoms.